The molecule has 2 aromatic carbocycles. The van der Waals surface area contributed by atoms with Gasteiger partial charge < -0.3 is 10.8 Å². The Kier molecular flexibility index (Phi) is 5.56. The van der Waals surface area contributed by atoms with Gasteiger partial charge in [-0.05, 0) is 48.9 Å². The molecule has 7 nitrogen and oxygen atoms in total. The summed E-state index contributed by atoms with van der Waals surface area (Å²) in [5, 5.41) is 16.8. The zero-order valence-electron chi connectivity index (χ0n) is 14.6. The monoisotopic (exact) mass is 382 g/mol. The first-order valence-electron chi connectivity index (χ1n) is 8.21. The maximum Gasteiger partial charge on any atom is 0.247 e. The maximum atomic E-state index is 12.6. The topological polar surface area (TPSA) is 108 Å². The standard InChI is InChI=1S/C19H18N4O3S/c1-12(13-7-9-15(24)10-8-13)21-22-19(20)27-16-11-17(25)23(18(16)26)14-5-3-2-4-6-14/h2-10,16,24H,11H2,1H3,(H2,20,22)/b21-12+/t16-/m1/s1. The van der Waals surface area contributed by atoms with E-state index in [0.29, 0.717) is 11.4 Å². The van der Waals surface area contributed by atoms with Crippen LogP contribution in [-0.2, 0) is 9.59 Å². The summed E-state index contributed by atoms with van der Waals surface area (Å²) in [6.45, 7) is 1.76. The number of para-hydroxylation sites is 1. The molecule has 1 atom stereocenters. The fourth-order valence-electron chi connectivity index (χ4n) is 2.60. The van der Waals surface area contributed by atoms with E-state index in [1.54, 1.807) is 55.5 Å². The van der Waals surface area contributed by atoms with Crippen LogP contribution in [0.4, 0.5) is 5.69 Å². The van der Waals surface area contributed by atoms with Crippen LogP contribution in [0, 0.1) is 0 Å². The number of phenolic OH excluding ortho intramolecular Hbond substituents is 1. The Morgan fingerprint density at radius 2 is 1.78 bits per heavy atom. The Morgan fingerprint density at radius 3 is 2.44 bits per heavy atom. The normalized spacial score (nSPS) is 18.3. The number of carbonyl (C=O) groups is 2. The number of carbonyl (C=O) groups excluding carboxylic acids is 2. The quantitative estimate of drug-likeness (QED) is 0.365. The molecule has 0 unspecified atom stereocenters. The first kappa shape index (κ1) is 18.7. The lowest BCUT2D eigenvalue weighted by Crippen LogP contribution is -2.31. The minimum absolute atomic E-state index is 0.0648. The van der Waals surface area contributed by atoms with Crippen LogP contribution in [-0.4, -0.2) is 33.1 Å². The van der Waals surface area contributed by atoms with Gasteiger partial charge in [0.25, 0.3) is 0 Å². The summed E-state index contributed by atoms with van der Waals surface area (Å²) in [5.74, 6) is -0.411. The molecule has 0 saturated carbocycles. The molecule has 27 heavy (non-hydrogen) atoms. The van der Waals surface area contributed by atoms with Gasteiger partial charge in [0.05, 0.1) is 11.4 Å². The third kappa shape index (κ3) is 4.35. The number of hydrogen-bond donors (Lipinski definition) is 2. The predicted octanol–water partition coefficient (Wildman–Crippen LogP) is 2.50. The maximum absolute atomic E-state index is 12.6. The Labute approximate surface area is 160 Å². The molecule has 1 aliphatic heterocycles. The molecule has 2 amide bonds. The zero-order chi connectivity index (χ0) is 19.4. The minimum atomic E-state index is -0.620. The van der Waals surface area contributed by atoms with Crippen LogP contribution < -0.4 is 10.6 Å². The highest BCUT2D eigenvalue weighted by Crippen LogP contribution is 2.29. The van der Waals surface area contributed by atoms with Crippen molar-refractivity contribution >= 4 is 40.1 Å². The Morgan fingerprint density at radius 1 is 1.11 bits per heavy atom. The van der Waals surface area contributed by atoms with Gasteiger partial charge in [0.1, 0.15) is 11.0 Å². The van der Waals surface area contributed by atoms with Crippen LogP contribution in [0.3, 0.4) is 0 Å². The largest absolute Gasteiger partial charge is 0.508 e. The summed E-state index contributed by atoms with van der Waals surface area (Å²) in [6.07, 6.45) is 0.0648. The number of rotatable bonds is 4. The second-order valence-corrected chi connectivity index (χ2v) is 7.11. The molecule has 0 spiro atoms. The van der Waals surface area contributed by atoms with Crippen LogP contribution in [0.1, 0.15) is 18.9 Å². The van der Waals surface area contributed by atoms with Crippen LogP contribution in [0.5, 0.6) is 5.75 Å². The van der Waals surface area contributed by atoms with Gasteiger partial charge in [0.2, 0.25) is 11.8 Å². The van der Waals surface area contributed by atoms with E-state index in [2.05, 4.69) is 10.2 Å². The van der Waals surface area contributed by atoms with E-state index in [0.717, 1.165) is 17.3 Å². The van der Waals surface area contributed by atoms with Crippen molar-refractivity contribution in [3.05, 3.63) is 60.2 Å². The van der Waals surface area contributed by atoms with Crippen LogP contribution in [0.25, 0.3) is 0 Å². The van der Waals surface area contributed by atoms with Gasteiger partial charge in [-0.25, -0.2) is 4.90 Å². The number of amides is 2. The molecule has 2 aromatic rings. The highest BCUT2D eigenvalue weighted by Gasteiger charge is 2.40. The van der Waals surface area contributed by atoms with Crippen molar-refractivity contribution in [1.29, 1.82) is 0 Å². The van der Waals surface area contributed by atoms with E-state index >= 15 is 0 Å². The molecule has 0 aromatic heterocycles. The molecule has 0 aliphatic carbocycles. The van der Waals surface area contributed by atoms with E-state index in [1.165, 1.54) is 4.90 Å². The Hall–Kier alpha value is -3.13. The highest BCUT2D eigenvalue weighted by atomic mass is 32.2. The van der Waals surface area contributed by atoms with Gasteiger partial charge in [0, 0.05) is 6.42 Å². The summed E-state index contributed by atoms with van der Waals surface area (Å²) in [7, 11) is 0. The van der Waals surface area contributed by atoms with Crippen molar-refractivity contribution in [2.75, 3.05) is 4.90 Å². The number of aromatic hydroxyl groups is 1. The average molecular weight is 382 g/mol. The number of nitrogens with two attached hydrogens (primary N) is 1. The lowest BCUT2D eigenvalue weighted by molar-refractivity contribution is -0.121. The highest BCUT2D eigenvalue weighted by molar-refractivity contribution is 8.14. The summed E-state index contributed by atoms with van der Waals surface area (Å²) in [6, 6.07) is 15.3. The third-order valence-corrected chi connectivity index (χ3v) is 4.94. The number of amidine groups is 1. The first-order chi connectivity index (χ1) is 13.0. The van der Waals surface area contributed by atoms with Gasteiger partial charge in [-0.3, -0.25) is 9.59 Å². The molecule has 3 rings (SSSR count). The Bertz CT molecular complexity index is 910. The van der Waals surface area contributed by atoms with Crippen LogP contribution >= 0.6 is 11.8 Å². The summed E-state index contributed by atoms with van der Waals surface area (Å²) in [5.41, 5.74) is 7.83. The fraction of sp³-hybridized carbons (Fsp3) is 0.158. The molecule has 0 bridgehead atoms. The molecule has 1 fully saturated rings. The van der Waals surface area contributed by atoms with E-state index in [4.69, 9.17) is 5.73 Å². The molecule has 138 valence electrons. The predicted molar refractivity (Wildman–Crippen MR) is 107 cm³/mol. The fourth-order valence-corrected chi connectivity index (χ4v) is 3.41. The minimum Gasteiger partial charge on any atom is -0.508 e. The molecule has 1 aliphatic rings. The SMILES string of the molecule is C/C(=N\N=C(N)S[C@@H]1CC(=O)N(c2ccccc2)C1=O)c1ccc(O)cc1. The second kappa shape index (κ2) is 8.05. The van der Waals surface area contributed by atoms with Gasteiger partial charge in [-0.2, -0.15) is 5.10 Å². The van der Waals surface area contributed by atoms with Gasteiger partial charge in [0.15, 0.2) is 5.17 Å². The van der Waals surface area contributed by atoms with Crippen LogP contribution in [0.15, 0.2) is 64.8 Å². The van der Waals surface area contributed by atoms with E-state index in [9.17, 15) is 14.7 Å². The summed E-state index contributed by atoms with van der Waals surface area (Å²) >= 11 is 1.03. The molecule has 8 heteroatoms. The Balaban J connectivity index is 1.68. The number of imide groups is 1. The van der Waals surface area contributed by atoms with Crippen molar-refractivity contribution in [1.82, 2.24) is 0 Å². The zero-order valence-corrected chi connectivity index (χ0v) is 15.4. The lowest BCUT2D eigenvalue weighted by atomic mass is 10.1. The van der Waals surface area contributed by atoms with Crippen molar-refractivity contribution in [3.63, 3.8) is 0 Å². The molecule has 1 saturated heterocycles. The van der Waals surface area contributed by atoms with Crippen molar-refractivity contribution in [2.45, 2.75) is 18.6 Å². The van der Waals surface area contributed by atoms with Gasteiger partial charge in [-0.1, -0.05) is 30.0 Å². The number of nitrogens with zero attached hydrogens (tertiary/aromatic N) is 3. The molecular formula is C19H18N4O3S. The number of phenols is 1. The van der Waals surface area contributed by atoms with Crippen molar-refractivity contribution in [3.8, 4) is 5.75 Å². The number of anilines is 1. The van der Waals surface area contributed by atoms with Crippen LogP contribution in [0.2, 0.25) is 0 Å². The average Bonchev–Trinajstić information content (AvgIpc) is 2.94. The summed E-state index contributed by atoms with van der Waals surface area (Å²) < 4.78 is 0. The van der Waals surface area contributed by atoms with Gasteiger partial charge >= 0.3 is 0 Å². The van der Waals surface area contributed by atoms with E-state index < -0.39 is 5.25 Å². The second-order valence-electron chi connectivity index (χ2n) is 5.88. The first-order valence-corrected chi connectivity index (χ1v) is 9.09. The van der Waals surface area contributed by atoms with E-state index in [-0.39, 0.29) is 29.2 Å². The number of thioether (sulfide) groups is 1. The molecule has 0 radical (unpaired) electrons. The van der Waals surface area contributed by atoms with Crippen molar-refractivity contribution < 1.29 is 14.7 Å². The summed E-state index contributed by atoms with van der Waals surface area (Å²) in [4.78, 5) is 26.0. The smallest absolute Gasteiger partial charge is 0.247 e. The molecular weight excluding hydrogens is 364 g/mol. The third-order valence-electron chi connectivity index (χ3n) is 3.97. The van der Waals surface area contributed by atoms with Gasteiger partial charge in [-0.15, -0.1) is 5.10 Å². The number of benzene rings is 2. The molecule has 1 heterocycles. The number of hydrogen-bond acceptors (Lipinski definition) is 6. The lowest BCUT2D eigenvalue weighted by Gasteiger charge is -2.14. The van der Waals surface area contributed by atoms with Crippen molar-refractivity contribution in [2.24, 2.45) is 15.9 Å². The van der Waals surface area contributed by atoms with E-state index in [1.807, 2.05) is 6.07 Å². The molecule has 3 N–H and O–H groups in total.